The molecule has 1 aromatic heterocycles. The molecule has 0 spiro atoms. The molecule has 1 amide bonds. The molecule has 1 aromatic rings. The SMILES string of the molecule is CC(C)[C@@H](N)C(=O)NCC(c1ccco1)N1CCCC1. The Morgan fingerprint density at radius 2 is 2.15 bits per heavy atom. The number of nitrogens with two attached hydrogens (primary N) is 1. The van der Waals surface area contributed by atoms with E-state index in [4.69, 9.17) is 10.2 Å². The topological polar surface area (TPSA) is 71.5 Å². The van der Waals surface area contributed by atoms with Crippen molar-refractivity contribution in [2.24, 2.45) is 11.7 Å². The molecule has 1 aliphatic rings. The normalized spacial score (nSPS) is 19.2. The smallest absolute Gasteiger partial charge is 0.237 e. The van der Waals surface area contributed by atoms with Gasteiger partial charge in [-0.25, -0.2) is 0 Å². The molecule has 5 heteroatoms. The highest BCUT2D eigenvalue weighted by Gasteiger charge is 2.27. The lowest BCUT2D eigenvalue weighted by atomic mass is 10.0. The van der Waals surface area contributed by atoms with E-state index in [9.17, 15) is 4.79 Å². The van der Waals surface area contributed by atoms with Crippen molar-refractivity contribution in [1.82, 2.24) is 10.2 Å². The summed E-state index contributed by atoms with van der Waals surface area (Å²) in [6, 6.07) is 3.51. The van der Waals surface area contributed by atoms with E-state index in [1.165, 1.54) is 12.8 Å². The van der Waals surface area contributed by atoms with Crippen LogP contribution in [0.5, 0.6) is 0 Å². The minimum absolute atomic E-state index is 0.0873. The van der Waals surface area contributed by atoms with E-state index in [0.29, 0.717) is 6.54 Å². The fourth-order valence-electron chi connectivity index (χ4n) is 2.56. The zero-order valence-electron chi connectivity index (χ0n) is 12.3. The number of hydrogen-bond donors (Lipinski definition) is 2. The number of hydrogen-bond acceptors (Lipinski definition) is 4. The molecule has 1 aliphatic heterocycles. The van der Waals surface area contributed by atoms with Crippen molar-refractivity contribution in [2.45, 2.75) is 38.8 Å². The molecular formula is C15H25N3O2. The maximum absolute atomic E-state index is 12.0. The van der Waals surface area contributed by atoms with Gasteiger partial charge in [-0.3, -0.25) is 9.69 Å². The first-order chi connectivity index (χ1) is 9.59. The highest BCUT2D eigenvalue weighted by atomic mass is 16.3. The summed E-state index contributed by atoms with van der Waals surface area (Å²) in [6.45, 7) is 6.56. The third-order valence-corrected chi connectivity index (χ3v) is 3.94. The van der Waals surface area contributed by atoms with Crippen LogP contribution in [0.25, 0.3) is 0 Å². The van der Waals surface area contributed by atoms with Crippen molar-refractivity contribution in [2.75, 3.05) is 19.6 Å². The van der Waals surface area contributed by atoms with E-state index in [2.05, 4.69) is 10.2 Å². The Balaban J connectivity index is 1.96. The zero-order chi connectivity index (χ0) is 14.5. The Kier molecular flexibility index (Phi) is 5.20. The number of furan rings is 1. The fourth-order valence-corrected chi connectivity index (χ4v) is 2.56. The van der Waals surface area contributed by atoms with Gasteiger partial charge in [-0.05, 0) is 44.0 Å². The number of likely N-dealkylation sites (tertiary alicyclic amines) is 1. The maximum Gasteiger partial charge on any atom is 0.237 e. The summed E-state index contributed by atoms with van der Waals surface area (Å²) < 4.78 is 5.52. The van der Waals surface area contributed by atoms with Crippen LogP contribution in [0.15, 0.2) is 22.8 Å². The van der Waals surface area contributed by atoms with Gasteiger partial charge in [0.25, 0.3) is 0 Å². The molecule has 1 unspecified atom stereocenters. The van der Waals surface area contributed by atoms with Gasteiger partial charge in [-0.2, -0.15) is 0 Å². The second kappa shape index (κ2) is 6.90. The van der Waals surface area contributed by atoms with E-state index in [-0.39, 0.29) is 17.9 Å². The summed E-state index contributed by atoms with van der Waals surface area (Å²) >= 11 is 0. The van der Waals surface area contributed by atoms with Gasteiger partial charge < -0.3 is 15.5 Å². The number of amides is 1. The molecule has 0 aliphatic carbocycles. The minimum atomic E-state index is -0.453. The second-order valence-electron chi connectivity index (χ2n) is 5.79. The highest BCUT2D eigenvalue weighted by molar-refractivity contribution is 5.81. The lowest BCUT2D eigenvalue weighted by Crippen LogP contribution is -2.46. The standard InChI is InChI=1S/C15H25N3O2/c1-11(2)14(16)15(19)17-10-12(13-6-5-9-20-13)18-7-3-4-8-18/h5-6,9,11-12,14H,3-4,7-8,10,16H2,1-2H3,(H,17,19)/t12?,14-/m1/s1. The van der Waals surface area contributed by atoms with Crippen LogP contribution in [0.1, 0.15) is 38.5 Å². The Morgan fingerprint density at radius 1 is 1.45 bits per heavy atom. The predicted molar refractivity (Wildman–Crippen MR) is 78.1 cm³/mol. The third-order valence-electron chi connectivity index (χ3n) is 3.94. The third kappa shape index (κ3) is 3.61. The molecule has 3 N–H and O–H groups in total. The van der Waals surface area contributed by atoms with Gasteiger partial charge in [0.2, 0.25) is 5.91 Å². The summed E-state index contributed by atoms with van der Waals surface area (Å²) in [5.41, 5.74) is 5.87. The van der Waals surface area contributed by atoms with Crippen LogP contribution in [-0.2, 0) is 4.79 Å². The highest BCUT2D eigenvalue weighted by Crippen LogP contribution is 2.24. The monoisotopic (exact) mass is 279 g/mol. The first kappa shape index (κ1) is 15.1. The molecule has 5 nitrogen and oxygen atoms in total. The van der Waals surface area contributed by atoms with Crippen LogP contribution in [0.4, 0.5) is 0 Å². The van der Waals surface area contributed by atoms with Crippen molar-refractivity contribution >= 4 is 5.91 Å². The quantitative estimate of drug-likeness (QED) is 0.828. The second-order valence-corrected chi connectivity index (χ2v) is 5.79. The van der Waals surface area contributed by atoms with E-state index in [0.717, 1.165) is 18.8 Å². The van der Waals surface area contributed by atoms with Gasteiger partial charge in [0.05, 0.1) is 18.3 Å². The first-order valence-corrected chi connectivity index (χ1v) is 7.40. The summed E-state index contributed by atoms with van der Waals surface area (Å²) in [5, 5.41) is 2.96. The van der Waals surface area contributed by atoms with E-state index in [1.807, 2.05) is 26.0 Å². The number of nitrogens with zero attached hydrogens (tertiary/aromatic N) is 1. The molecule has 0 aromatic carbocycles. The number of carbonyl (C=O) groups is 1. The van der Waals surface area contributed by atoms with Gasteiger partial charge in [0, 0.05) is 6.54 Å². The molecule has 0 radical (unpaired) electrons. The van der Waals surface area contributed by atoms with E-state index >= 15 is 0 Å². The van der Waals surface area contributed by atoms with Crippen LogP contribution in [0.3, 0.4) is 0 Å². The minimum Gasteiger partial charge on any atom is -0.468 e. The van der Waals surface area contributed by atoms with Crippen molar-refractivity contribution < 1.29 is 9.21 Å². The van der Waals surface area contributed by atoms with Gasteiger partial charge in [-0.15, -0.1) is 0 Å². The molecule has 1 fully saturated rings. The average Bonchev–Trinajstić information content (AvgIpc) is 3.10. The summed E-state index contributed by atoms with van der Waals surface area (Å²) in [7, 11) is 0. The summed E-state index contributed by atoms with van der Waals surface area (Å²) in [5.74, 6) is 0.963. The Morgan fingerprint density at radius 3 is 2.70 bits per heavy atom. The molecule has 112 valence electrons. The van der Waals surface area contributed by atoms with Crippen LogP contribution in [0, 0.1) is 5.92 Å². The Labute approximate surface area is 120 Å². The van der Waals surface area contributed by atoms with E-state index < -0.39 is 6.04 Å². The lowest BCUT2D eigenvalue weighted by molar-refractivity contribution is -0.123. The molecule has 2 atom stereocenters. The molecule has 1 saturated heterocycles. The van der Waals surface area contributed by atoms with Gasteiger partial charge in [0.15, 0.2) is 0 Å². The van der Waals surface area contributed by atoms with Gasteiger partial charge in [0.1, 0.15) is 5.76 Å². The van der Waals surface area contributed by atoms with Gasteiger partial charge >= 0.3 is 0 Å². The summed E-state index contributed by atoms with van der Waals surface area (Å²) in [6.07, 6.45) is 4.09. The largest absolute Gasteiger partial charge is 0.468 e. The fraction of sp³-hybridized carbons (Fsp3) is 0.667. The van der Waals surface area contributed by atoms with Crippen LogP contribution < -0.4 is 11.1 Å². The predicted octanol–water partition coefficient (Wildman–Crippen LogP) is 1.52. The van der Waals surface area contributed by atoms with Gasteiger partial charge in [-0.1, -0.05) is 13.8 Å². The Bertz CT molecular complexity index is 411. The average molecular weight is 279 g/mol. The van der Waals surface area contributed by atoms with E-state index in [1.54, 1.807) is 6.26 Å². The van der Waals surface area contributed by atoms with Crippen molar-refractivity contribution in [1.29, 1.82) is 0 Å². The molecule has 20 heavy (non-hydrogen) atoms. The molecule has 2 rings (SSSR count). The first-order valence-electron chi connectivity index (χ1n) is 7.40. The summed E-state index contributed by atoms with van der Waals surface area (Å²) in [4.78, 5) is 14.3. The zero-order valence-corrected chi connectivity index (χ0v) is 12.3. The van der Waals surface area contributed by atoms with Crippen molar-refractivity contribution in [3.8, 4) is 0 Å². The maximum atomic E-state index is 12.0. The number of nitrogens with one attached hydrogen (secondary N) is 1. The van der Waals surface area contributed by atoms with Crippen molar-refractivity contribution in [3.63, 3.8) is 0 Å². The van der Waals surface area contributed by atoms with Crippen LogP contribution in [-0.4, -0.2) is 36.5 Å². The Hall–Kier alpha value is -1.33. The lowest BCUT2D eigenvalue weighted by Gasteiger charge is -2.26. The van der Waals surface area contributed by atoms with Crippen LogP contribution >= 0.6 is 0 Å². The van der Waals surface area contributed by atoms with Crippen LogP contribution in [0.2, 0.25) is 0 Å². The number of rotatable bonds is 6. The van der Waals surface area contributed by atoms with Crippen molar-refractivity contribution in [3.05, 3.63) is 24.2 Å². The number of carbonyl (C=O) groups excluding carboxylic acids is 1. The molecule has 2 heterocycles. The molecular weight excluding hydrogens is 254 g/mol. The molecule has 0 bridgehead atoms. The molecule has 0 saturated carbocycles.